The number of nitrogens with one attached hydrogen (secondary N) is 1. The van der Waals surface area contributed by atoms with Gasteiger partial charge in [-0.15, -0.1) is 0 Å². The molecule has 4 rings (SSSR count). The summed E-state index contributed by atoms with van der Waals surface area (Å²) in [6.07, 6.45) is 5.50. The van der Waals surface area contributed by atoms with Crippen molar-refractivity contribution in [3.63, 3.8) is 0 Å². The van der Waals surface area contributed by atoms with Gasteiger partial charge in [0, 0.05) is 24.0 Å². The average Bonchev–Trinajstić information content (AvgIpc) is 3.18. The summed E-state index contributed by atoms with van der Waals surface area (Å²) in [5.41, 5.74) is 4.07. The Bertz CT molecular complexity index is 1040. The van der Waals surface area contributed by atoms with Crippen LogP contribution in [0.2, 0.25) is 0 Å². The van der Waals surface area contributed by atoms with E-state index in [-0.39, 0.29) is 12.5 Å². The molecule has 0 bridgehead atoms. The topological polar surface area (TPSA) is 83.9 Å². The number of carbonyl (C=O) groups is 1. The summed E-state index contributed by atoms with van der Waals surface area (Å²) in [4.78, 5) is 31.9. The van der Waals surface area contributed by atoms with Crippen LogP contribution in [0.5, 0.6) is 0 Å². The summed E-state index contributed by atoms with van der Waals surface area (Å²) in [7, 11) is 1.83. The fraction of sp³-hybridized carbons (Fsp3) is 0.286. The van der Waals surface area contributed by atoms with E-state index in [1.165, 1.54) is 6.07 Å². The molecule has 8 heteroatoms. The van der Waals surface area contributed by atoms with Crippen molar-refractivity contribution in [1.29, 1.82) is 0 Å². The van der Waals surface area contributed by atoms with Gasteiger partial charge in [-0.1, -0.05) is 0 Å². The molecule has 0 aromatic carbocycles. The number of hydrogen-bond acceptors (Lipinski definition) is 6. The second-order valence-corrected chi connectivity index (χ2v) is 7.10. The molecule has 0 saturated heterocycles. The smallest absolute Gasteiger partial charge is 0.243 e. The normalized spacial score (nSPS) is 12.5. The second kappa shape index (κ2) is 7.90. The zero-order valence-corrected chi connectivity index (χ0v) is 16.3. The lowest BCUT2D eigenvalue weighted by atomic mass is 10.2. The Morgan fingerprint density at radius 1 is 1.14 bits per heavy atom. The summed E-state index contributed by atoms with van der Waals surface area (Å²) in [6, 6.07) is 6.57. The molecule has 3 heterocycles. The SMILES string of the molecule is Cc1ccc(NC(=O)CN(C)c2nc(-c3ccc(F)cn3)nc3c2CCC3)cn1. The van der Waals surface area contributed by atoms with Gasteiger partial charge in [-0.05, 0) is 50.5 Å². The number of aromatic nitrogens is 4. The van der Waals surface area contributed by atoms with E-state index in [1.54, 1.807) is 12.3 Å². The van der Waals surface area contributed by atoms with Crippen LogP contribution in [0.25, 0.3) is 11.5 Å². The van der Waals surface area contributed by atoms with Gasteiger partial charge in [0.2, 0.25) is 5.91 Å². The molecule has 3 aromatic heterocycles. The highest BCUT2D eigenvalue weighted by Gasteiger charge is 2.23. The highest BCUT2D eigenvalue weighted by Crippen LogP contribution is 2.30. The van der Waals surface area contributed by atoms with Gasteiger partial charge in [-0.3, -0.25) is 9.78 Å². The summed E-state index contributed by atoms with van der Waals surface area (Å²) in [5, 5.41) is 2.85. The van der Waals surface area contributed by atoms with Gasteiger partial charge in [0.05, 0.1) is 24.6 Å². The van der Waals surface area contributed by atoms with Crippen molar-refractivity contribution in [3.05, 3.63) is 59.4 Å². The fourth-order valence-corrected chi connectivity index (χ4v) is 3.38. The lowest BCUT2D eigenvalue weighted by Crippen LogP contribution is -2.31. The average molecular weight is 392 g/mol. The lowest BCUT2D eigenvalue weighted by molar-refractivity contribution is -0.114. The van der Waals surface area contributed by atoms with Crippen LogP contribution in [0.15, 0.2) is 36.7 Å². The van der Waals surface area contributed by atoms with Crippen molar-refractivity contribution in [2.24, 2.45) is 0 Å². The summed E-state index contributed by atoms with van der Waals surface area (Å²) < 4.78 is 13.2. The molecule has 148 valence electrons. The third-order valence-corrected chi connectivity index (χ3v) is 4.81. The molecule has 1 amide bonds. The molecule has 0 spiro atoms. The Balaban J connectivity index is 1.57. The number of anilines is 2. The zero-order valence-electron chi connectivity index (χ0n) is 16.3. The molecule has 0 atom stereocenters. The lowest BCUT2D eigenvalue weighted by Gasteiger charge is -2.21. The van der Waals surface area contributed by atoms with Crippen LogP contribution in [-0.4, -0.2) is 39.4 Å². The quantitative estimate of drug-likeness (QED) is 0.719. The standard InChI is InChI=1S/C21H21FN6O/c1-13-6-8-15(11-23-13)25-19(29)12-28(2)21-16-4-3-5-17(16)26-20(27-21)18-9-7-14(22)10-24-18/h6-11H,3-5,12H2,1-2H3,(H,25,29). The molecule has 0 fully saturated rings. The molecule has 1 aliphatic rings. The number of rotatable bonds is 5. The van der Waals surface area contributed by atoms with Crippen molar-refractivity contribution in [1.82, 2.24) is 19.9 Å². The van der Waals surface area contributed by atoms with E-state index in [9.17, 15) is 9.18 Å². The molecule has 0 saturated carbocycles. The van der Waals surface area contributed by atoms with E-state index >= 15 is 0 Å². The van der Waals surface area contributed by atoms with Crippen molar-refractivity contribution in [3.8, 4) is 11.5 Å². The maximum atomic E-state index is 13.2. The van der Waals surface area contributed by atoms with Crippen LogP contribution >= 0.6 is 0 Å². The number of aryl methyl sites for hydroxylation is 2. The van der Waals surface area contributed by atoms with Crippen molar-refractivity contribution in [2.75, 3.05) is 23.8 Å². The first-order valence-electron chi connectivity index (χ1n) is 9.45. The third kappa shape index (κ3) is 4.21. The van der Waals surface area contributed by atoms with Gasteiger partial charge in [0.1, 0.15) is 17.3 Å². The summed E-state index contributed by atoms with van der Waals surface area (Å²) >= 11 is 0. The molecule has 0 radical (unpaired) electrons. The van der Waals surface area contributed by atoms with Crippen LogP contribution in [0.1, 0.15) is 23.4 Å². The van der Waals surface area contributed by atoms with Gasteiger partial charge in [-0.25, -0.2) is 19.3 Å². The minimum atomic E-state index is -0.408. The Labute approximate surface area is 168 Å². The van der Waals surface area contributed by atoms with Crippen LogP contribution in [0, 0.1) is 12.7 Å². The van der Waals surface area contributed by atoms with Crippen LogP contribution in [-0.2, 0) is 17.6 Å². The molecule has 3 aromatic rings. The Kier molecular flexibility index (Phi) is 5.16. The Morgan fingerprint density at radius 3 is 2.72 bits per heavy atom. The third-order valence-electron chi connectivity index (χ3n) is 4.81. The van der Waals surface area contributed by atoms with E-state index in [1.807, 2.05) is 31.0 Å². The van der Waals surface area contributed by atoms with Crippen molar-refractivity contribution >= 4 is 17.4 Å². The number of nitrogens with zero attached hydrogens (tertiary/aromatic N) is 5. The molecule has 7 nitrogen and oxygen atoms in total. The first-order chi connectivity index (χ1) is 14.0. The van der Waals surface area contributed by atoms with Gasteiger partial charge < -0.3 is 10.2 Å². The van der Waals surface area contributed by atoms with Gasteiger partial charge in [0.15, 0.2) is 5.82 Å². The van der Waals surface area contributed by atoms with Crippen molar-refractivity contribution < 1.29 is 9.18 Å². The number of halogens is 1. The van der Waals surface area contributed by atoms with E-state index in [0.29, 0.717) is 23.0 Å². The number of carbonyl (C=O) groups excluding carboxylic acids is 1. The number of hydrogen-bond donors (Lipinski definition) is 1. The maximum Gasteiger partial charge on any atom is 0.243 e. The largest absolute Gasteiger partial charge is 0.350 e. The van der Waals surface area contributed by atoms with Crippen LogP contribution in [0.3, 0.4) is 0 Å². The van der Waals surface area contributed by atoms with E-state index in [4.69, 9.17) is 0 Å². The first kappa shape index (κ1) is 18.9. The zero-order chi connectivity index (χ0) is 20.4. The minimum absolute atomic E-state index is 0.133. The second-order valence-electron chi connectivity index (χ2n) is 7.10. The number of likely N-dealkylation sites (N-methyl/N-ethyl adjacent to an activating group) is 1. The van der Waals surface area contributed by atoms with Crippen molar-refractivity contribution in [2.45, 2.75) is 26.2 Å². The van der Waals surface area contributed by atoms with E-state index < -0.39 is 5.82 Å². The first-order valence-corrected chi connectivity index (χ1v) is 9.45. The number of amides is 1. The highest BCUT2D eigenvalue weighted by atomic mass is 19.1. The predicted octanol–water partition coefficient (Wildman–Crippen LogP) is 2.94. The highest BCUT2D eigenvalue weighted by molar-refractivity contribution is 5.93. The molecular weight excluding hydrogens is 371 g/mol. The monoisotopic (exact) mass is 392 g/mol. The maximum absolute atomic E-state index is 13.2. The molecule has 1 aliphatic carbocycles. The van der Waals surface area contributed by atoms with Gasteiger partial charge >= 0.3 is 0 Å². The summed E-state index contributed by atoms with van der Waals surface area (Å²) in [5.74, 6) is 0.584. The Hall–Kier alpha value is -3.42. The molecular formula is C21H21FN6O. The molecule has 29 heavy (non-hydrogen) atoms. The molecule has 0 aliphatic heterocycles. The van der Waals surface area contributed by atoms with E-state index in [2.05, 4.69) is 25.3 Å². The summed E-state index contributed by atoms with van der Waals surface area (Å²) in [6.45, 7) is 2.02. The van der Waals surface area contributed by atoms with Gasteiger partial charge in [0.25, 0.3) is 0 Å². The fourth-order valence-electron chi connectivity index (χ4n) is 3.38. The Morgan fingerprint density at radius 2 is 2.00 bits per heavy atom. The predicted molar refractivity (Wildman–Crippen MR) is 108 cm³/mol. The number of pyridine rings is 2. The number of fused-ring (bicyclic) bond motifs is 1. The van der Waals surface area contributed by atoms with Crippen LogP contribution < -0.4 is 10.2 Å². The molecule has 1 N–H and O–H groups in total. The molecule has 0 unspecified atom stereocenters. The van der Waals surface area contributed by atoms with Crippen LogP contribution in [0.4, 0.5) is 15.9 Å². The minimum Gasteiger partial charge on any atom is -0.350 e. The van der Waals surface area contributed by atoms with Gasteiger partial charge in [-0.2, -0.15) is 0 Å². The van der Waals surface area contributed by atoms with E-state index in [0.717, 1.165) is 42.4 Å².